The summed E-state index contributed by atoms with van der Waals surface area (Å²) in [5.41, 5.74) is 8.04. The number of carbonyl (C=O) groups is 2. The summed E-state index contributed by atoms with van der Waals surface area (Å²) in [6.45, 7) is 3.42. The molecule has 138 valence electrons. The lowest BCUT2D eigenvalue weighted by molar-refractivity contribution is -0.119. The molecule has 0 fully saturated rings. The zero-order chi connectivity index (χ0) is 17.9. The van der Waals surface area contributed by atoms with Gasteiger partial charge in [0.05, 0.1) is 26.4 Å². The van der Waals surface area contributed by atoms with Gasteiger partial charge < -0.3 is 30.0 Å². The molecule has 0 aliphatic rings. The van der Waals surface area contributed by atoms with Gasteiger partial charge in [-0.05, 0) is 18.4 Å². The monoisotopic (exact) mass is 347 g/mol. The Morgan fingerprint density at radius 1 is 0.917 bits per heavy atom. The first-order chi connectivity index (χ1) is 11.7. The van der Waals surface area contributed by atoms with Crippen molar-refractivity contribution in [3.8, 4) is 0 Å². The van der Waals surface area contributed by atoms with Crippen LogP contribution in [0.4, 0.5) is 4.79 Å². The van der Waals surface area contributed by atoms with Crippen molar-refractivity contribution >= 4 is 12.0 Å². The van der Waals surface area contributed by atoms with E-state index in [-0.39, 0.29) is 12.5 Å². The molecule has 0 aromatic carbocycles. The van der Waals surface area contributed by atoms with Crippen molar-refractivity contribution in [2.45, 2.75) is 12.8 Å². The first kappa shape index (κ1) is 21.9. The van der Waals surface area contributed by atoms with Gasteiger partial charge in [0.25, 0.3) is 0 Å². The molecule has 0 saturated heterocycles. The molecule has 0 bridgehead atoms. The minimum Gasteiger partial charge on any atom is -0.465 e. The molecule has 0 atom stereocenters. The van der Waals surface area contributed by atoms with Crippen molar-refractivity contribution in [2.24, 2.45) is 5.11 Å². The van der Waals surface area contributed by atoms with E-state index in [9.17, 15) is 9.59 Å². The molecule has 11 nitrogen and oxygen atoms in total. The molecule has 0 saturated carbocycles. The molecule has 0 aromatic heterocycles. The number of hydrogen-bond acceptors (Lipinski definition) is 6. The van der Waals surface area contributed by atoms with Gasteiger partial charge in [-0.25, -0.2) is 4.79 Å². The highest BCUT2D eigenvalue weighted by molar-refractivity contribution is 5.78. The fourth-order valence-electron chi connectivity index (χ4n) is 1.47. The molecule has 0 unspecified atom stereocenters. The van der Waals surface area contributed by atoms with Gasteiger partial charge in [0.2, 0.25) is 5.91 Å². The van der Waals surface area contributed by atoms with Crippen molar-refractivity contribution in [2.75, 3.05) is 59.3 Å². The fourth-order valence-corrected chi connectivity index (χ4v) is 1.47. The normalized spacial score (nSPS) is 10.0. The molecule has 0 heterocycles. The molecule has 0 spiro atoms. The van der Waals surface area contributed by atoms with Crippen molar-refractivity contribution < 1.29 is 28.9 Å². The van der Waals surface area contributed by atoms with Gasteiger partial charge in [0.15, 0.2) is 0 Å². The second-order valence-electron chi connectivity index (χ2n) is 4.52. The molecule has 0 aliphatic carbocycles. The van der Waals surface area contributed by atoms with Gasteiger partial charge in [0, 0.05) is 31.2 Å². The molecular formula is C13H25N5O6. The van der Waals surface area contributed by atoms with E-state index < -0.39 is 6.09 Å². The predicted octanol–water partition coefficient (Wildman–Crippen LogP) is 0.511. The number of carboxylic acid groups (broad SMARTS) is 1. The summed E-state index contributed by atoms with van der Waals surface area (Å²) in [6.07, 6.45) is 0.249. The summed E-state index contributed by atoms with van der Waals surface area (Å²) in [6, 6.07) is 0. The van der Waals surface area contributed by atoms with Crippen LogP contribution in [0.15, 0.2) is 5.11 Å². The third-order valence-corrected chi connectivity index (χ3v) is 2.55. The topological polar surface area (TPSA) is 155 Å². The van der Waals surface area contributed by atoms with Crippen LogP contribution >= 0.6 is 0 Å². The SMILES string of the molecule is [N-]=[N+]=NCC(=O)NCCCOCCOCCOCCCNC(=O)O. The van der Waals surface area contributed by atoms with Crippen LogP contribution < -0.4 is 10.6 Å². The minimum absolute atomic E-state index is 0.191. The summed E-state index contributed by atoms with van der Waals surface area (Å²) in [7, 11) is 0. The molecule has 0 aliphatic heterocycles. The van der Waals surface area contributed by atoms with Crippen LogP contribution in [0.1, 0.15) is 12.8 Å². The van der Waals surface area contributed by atoms with E-state index in [2.05, 4.69) is 20.7 Å². The van der Waals surface area contributed by atoms with Crippen molar-refractivity contribution in [1.82, 2.24) is 10.6 Å². The maximum Gasteiger partial charge on any atom is 0.404 e. The molecule has 3 N–H and O–H groups in total. The number of hydrogen-bond donors (Lipinski definition) is 3. The van der Waals surface area contributed by atoms with Crippen molar-refractivity contribution in [3.63, 3.8) is 0 Å². The number of azide groups is 1. The van der Waals surface area contributed by atoms with E-state index in [1.54, 1.807) is 0 Å². The summed E-state index contributed by atoms with van der Waals surface area (Å²) in [4.78, 5) is 23.7. The summed E-state index contributed by atoms with van der Waals surface area (Å²) in [5, 5.41) is 16.3. The Hall–Kier alpha value is -2.07. The second kappa shape index (κ2) is 17.3. The average molecular weight is 347 g/mol. The Balaban J connectivity index is 3.11. The zero-order valence-corrected chi connectivity index (χ0v) is 13.6. The quantitative estimate of drug-likeness (QED) is 0.160. The largest absolute Gasteiger partial charge is 0.465 e. The minimum atomic E-state index is -1.03. The van der Waals surface area contributed by atoms with E-state index in [1.807, 2.05) is 0 Å². The molecule has 2 amide bonds. The van der Waals surface area contributed by atoms with Crippen LogP contribution in [0.2, 0.25) is 0 Å². The first-order valence-electron chi connectivity index (χ1n) is 7.64. The van der Waals surface area contributed by atoms with Gasteiger partial charge in [0.1, 0.15) is 6.54 Å². The number of carbonyl (C=O) groups excluding carboxylic acids is 1. The lowest BCUT2D eigenvalue weighted by Crippen LogP contribution is -2.27. The number of amides is 2. The lowest BCUT2D eigenvalue weighted by atomic mass is 10.4. The first-order valence-corrected chi connectivity index (χ1v) is 7.64. The fraction of sp³-hybridized carbons (Fsp3) is 0.846. The van der Waals surface area contributed by atoms with Gasteiger partial charge in [-0.2, -0.15) is 0 Å². The van der Waals surface area contributed by atoms with E-state index in [0.29, 0.717) is 65.6 Å². The maximum atomic E-state index is 11.1. The smallest absolute Gasteiger partial charge is 0.404 e. The van der Waals surface area contributed by atoms with Crippen LogP contribution in [-0.2, 0) is 19.0 Å². The summed E-state index contributed by atoms with van der Waals surface area (Å²) >= 11 is 0. The summed E-state index contributed by atoms with van der Waals surface area (Å²) in [5.74, 6) is -0.310. The van der Waals surface area contributed by atoms with E-state index in [0.717, 1.165) is 0 Å². The van der Waals surface area contributed by atoms with E-state index in [1.165, 1.54) is 0 Å². The molecule has 0 aromatic rings. The number of ether oxygens (including phenoxy) is 3. The zero-order valence-electron chi connectivity index (χ0n) is 13.6. The van der Waals surface area contributed by atoms with Crippen LogP contribution in [0.25, 0.3) is 10.4 Å². The highest BCUT2D eigenvalue weighted by Crippen LogP contribution is 1.86. The Morgan fingerprint density at radius 3 is 1.92 bits per heavy atom. The van der Waals surface area contributed by atoms with Gasteiger partial charge in [-0.15, -0.1) is 0 Å². The third-order valence-electron chi connectivity index (χ3n) is 2.55. The van der Waals surface area contributed by atoms with Crippen molar-refractivity contribution in [3.05, 3.63) is 10.4 Å². The summed E-state index contributed by atoms with van der Waals surface area (Å²) < 4.78 is 15.9. The Bertz CT molecular complexity index is 389. The van der Waals surface area contributed by atoms with Gasteiger partial charge >= 0.3 is 6.09 Å². The Kier molecular flexibility index (Phi) is 15.8. The van der Waals surface area contributed by atoms with E-state index >= 15 is 0 Å². The second-order valence-corrected chi connectivity index (χ2v) is 4.52. The maximum absolute atomic E-state index is 11.1. The molecule has 0 rings (SSSR count). The number of rotatable bonds is 16. The van der Waals surface area contributed by atoms with Crippen LogP contribution in [0.5, 0.6) is 0 Å². The molecule has 11 heteroatoms. The molecule has 0 radical (unpaired) electrons. The van der Waals surface area contributed by atoms with Crippen LogP contribution in [0.3, 0.4) is 0 Å². The van der Waals surface area contributed by atoms with Crippen LogP contribution in [-0.4, -0.2) is 76.4 Å². The van der Waals surface area contributed by atoms with Crippen LogP contribution in [0, 0.1) is 0 Å². The van der Waals surface area contributed by atoms with E-state index in [4.69, 9.17) is 24.8 Å². The Morgan fingerprint density at radius 2 is 1.42 bits per heavy atom. The number of nitrogens with one attached hydrogen (secondary N) is 2. The molecular weight excluding hydrogens is 322 g/mol. The molecule has 24 heavy (non-hydrogen) atoms. The standard InChI is InChI=1S/C13H25N5O6/c14-18-17-11-12(19)15-3-1-5-22-7-9-24-10-8-23-6-2-4-16-13(20)21/h16H,1-11H2,(H,15,19)(H,20,21). The average Bonchev–Trinajstić information content (AvgIpc) is 2.56. The number of nitrogens with zero attached hydrogens (tertiary/aromatic N) is 3. The third kappa shape index (κ3) is 18.0. The highest BCUT2D eigenvalue weighted by Gasteiger charge is 1.97. The highest BCUT2D eigenvalue weighted by atomic mass is 16.5. The van der Waals surface area contributed by atoms with Gasteiger partial charge in [-0.1, -0.05) is 5.11 Å². The Labute approximate surface area is 140 Å². The van der Waals surface area contributed by atoms with Crippen molar-refractivity contribution in [1.29, 1.82) is 0 Å². The lowest BCUT2D eigenvalue weighted by Gasteiger charge is -2.07. The predicted molar refractivity (Wildman–Crippen MR) is 84.7 cm³/mol. The van der Waals surface area contributed by atoms with Gasteiger partial charge in [-0.3, -0.25) is 4.79 Å².